The number of hydrogen-bond acceptors (Lipinski definition) is 2. The monoisotopic (exact) mass is 315 g/mol. The molecule has 0 spiro atoms. The summed E-state index contributed by atoms with van der Waals surface area (Å²) in [6.45, 7) is 19.4. The molecule has 1 aliphatic rings. The average Bonchev–Trinajstić information content (AvgIpc) is 2.82. The molecule has 119 valence electrons. The van der Waals surface area contributed by atoms with Crippen LogP contribution in [0.5, 0.6) is 0 Å². The molecule has 0 saturated carbocycles. The third kappa shape index (κ3) is 4.07. The predicted molar refractivity (Wildman–Crippen MR) is 102 cm³/mol. The fraction of sp³-hybridized carbons (Fsp3) is 0.556. The molecule has 0 fully saturated rings. The van der Waals surface area contributed by atoms with Gasteiger partial charge in [0.1, 0.15) is 0 Å². The lowest BCUT2D eigenvalue weighted by molar-refractivity contribution is 0.471. The highest BCUT2D eigenvalue weighted by Crippen LogP contribution is 2.44. The van der Waals surface area contributed by atoms with Crippen LogP contribution in [0.15, 0.2) is 24.5 Å². The highest BCUT2D eigenvalue weighted by molar-refractivity contribution is 7.86. The minimum Gasteiger partial charge on any atom is -0.366 e. The van der Waals surface area contributed by atoms with Crippen LogP contribution in [0, 0.1) is 20.8 Å². The first kappa shape index (κ1) is 17.4. The normalized spacial score (nSPS) is 16.3. The van der Waals surface area contributed by atoms with Gasteiger partial charge in [0.25, 0.3) is 0 Å². The van der Waals surface area contributed by atoms with Crippen molar-refractivity contribution in [3.63, 3.8) is 0 Å². The third-order valence-corrected chi connectivity index (χ3v) is 7.19. The minimum absolute atomic E-state index is 0.0421. The first-order chi connectivity index (χ1) is 10.2. The van der Waals surface area contributed by atoms with Crippen molar-refractivity contribution < 1.29 is 0 Å². The fourth-order valence-corrected chi connectivity index (χ4v) is 3.86. The van der Waals surface area contributed by atoms with E-state index in [4.69, 9.17) is 0 Å². The molecule has 1 heterocycles. The Morgan fingerprint density at radius 3 is 2.23 bits per heavy atom. The summed E-state index contributed by atoms with van der Waals surface area (Å²) in [5, 5.41) is 0.405. The van der Waals surface area contributed by atoms with Gasteiger partial charge in [0.05, 0.1) is 6.67 Å². The molecule has 0 saturated heterocycles. The lowest BCUT2D eigenvalue weighted by atomic mass is 10.0. The van der Waals surface area contributed by atoms with E-state index < -0.39 is 0 Å². The molecule has 0 aromatic heterocycles. The van der Waals surface area contributed by atoms with Crippen LogP contribution in [0.1, 0.15) is 37.5 Å². The van der Waals surface area contributed by atoms with E-state index in [1.165, 1.54) is 22.4 Å². The second-order valence-corrected chi connectivity index (χ2v) is 10.3. The molecular formula is C18H29BN2P. The van der Waals surface area contributed by atoms with E-state index in [0.717, 1.165) is 13.1 Å². The minimum atomic E-state index is -0.0421. The molecule has 0 amide bonds. The molecule has 1 radical (unpaired) electrons. The van der Waals surface area contributed by atoms with Gasteiger partial charge in [-0.25, -0.2) is 0 Å². The SMILES string of the molecule is Cc1cc(C)c(N2C=CN(C[B]P(C)C(C)(C)C)C2)c(C)c1. The summed E-state index contributed by atoms with van der Waals surface area (Å²) >= 11 is 0. The summed E-state index contributed by atoms with van der Waals surface area (Å²) in [4.78, 5) is 4.76. The van der Waals surface area contributed by atoms with Crippen LogP contribution in [0.2, 0.25) is 0 Å². The zero-order chi connectivity index (χ0) is 16.5. The summed E-state index contributed by atoms with van der Waals surface area (Å²) in [5.74, 6) is 0. The second kappa shape index (κ2) is 6.66. The number of anilines is 1. The Kier molecular flexibility index (Phi) is 5.27. The molecule has 1 unspecified atom stereocenters. The van der Waals surface area contributed by atoms with Crippen molar-refractivity contribution in [1.82, 2.24) is 4.90 Å². The van der Waals surface area contributed by atoms with Gasteiger partial charge in [-0.1, -0.05) is 45.1 Å². The standard InChI is InChI=1S/C18H29BN2P/c1-14-10-15(2)17(16(3)11-14)21-9-8-20(13-21)12-19-22(7)18(4,5)6/h8-11H,12-13H2,1-7H3. The van der Waals surface area contributed by atoms with E-state index in [9.17, 15) is 0 Å². The molecule has 0 bridgehead atoms. The van der Waals surface area contributed by atoms with Crippen molar-refractivity contribution in [2.45, 2.75) is 46.7 Å². The largest absolute Gasteiger partial charge is 0.366 e. The lowest BCUT2D eigenvalue weighted by Crippen LogP contribution is -2.30. The average molecular weight is 315 g/mol. The first-order valence-electron chi connectivity index (χ1n) is 8.01. The third-order valence-electron chi connectivity index (χ3n) is 4.36. The van der Waals surface area contributed by atoms with E-state index in [2.05, 4.69) is 89.5 Å². The van der Waals surface area contributed by atoms with Gasteiger partial charge in [-0.15, -0.1) is 7.80 Å². The Hall–Kier alpha value is -0.945. The van der Waals surface area contributed by atoms with Crippen LogP contribution in [-0.4, -0.2) is 36.8 Å². The maximum absolute atomic E-state index is 2.50. The maximum Gasteiger partial charge on any atom is 0.172 e. The molecule has 4 heteroatoms. The highest BCUT2D eigenvalue weighted by Gasteiger charge is 2.22. The molecule has 1 aliphatic heterocycles. The first-order valence-corrected chi connectivity index (χ1v) is 9.87. The quantitative estimate of drug-likeness (QED) is 0.589. The Morgan fingerprint density at radius 1 is 1.09 bits per heavy atom. The van der Waals surface area contributed by atoms with Gasteiger partial charge in [-0.05, 0) is 43.5 Å². The lowest BCUT2D eigenvalue weighted by Gasteiger charge is -2.30. The Balaban J connectivity index is 1.98. The fourth-order valence-electron chi connectivity index (χ4n) is 2.86. The zero-order valence-electron chi connectivity index (χ0n) is 15.1. The van der Waals surface area contributed by atoms with Crippen molar-refractivity contribution in [3.05, 3.63) is 41.2 Å². The molecular weight excluding hydrogens is 286 g/mol. The Labute approximate surface area is 138 Å². The summed E-state index contributed by atoms with van der Waals surface area (Å²) < 4.78 is 0. The highest BCUT2D eigenvalue weighted by atomic mass is 31.1. The number of hydrogen-bond donors (Lipinski definition) is 0. The van der Waals surface area contributed by atoms with Crippen molar-refractivity contribution >= 4 is 20.5 Å². The molecule has 1 aromatic rings. The van der Waals surface area contributed by atoms with Gasteiger partial charge in [-0.3, -0.25) is 0 Å². The molecule has 22 heavy (non-hydrogen) atoms. The van der Waals surface area contributed by atoms with Gasteiger partial charge in [0, 0.05) is 18.1 Å². The summed E-state index contributed by atoms with van der Waals surface area (Å²) in [7, 11) is -0.0421. The smallest absolute Gasteiger partial charge is 0.172 e. The van der Waals surface area contributed by atoms with Gasteiger partial charge in [-0.2, -0.15) is 0 Å². The van der Waals surface area contributed by atoms with Crippen LogP contribution in [0.25, 0.3) is 0 Å². The predicted octanol–water partition coefficient (Wildman–Crippen LogP) is 4.65. The van der Waals surface area contributed by atoms with Crippen LogP contribution in [0.4, 0.5) is 5.69 Å². The second-order valence-electron chi connectivity index (χ2n) is 7.39. The van der Waals surface area contributed by atoms with Gasteiger partial charge in [0.15, 0.2) is 7.00 Å². The Bertz CT molecular complexity index is 540. The van der Waals surface area contributed by atoms with Crippen LogP contribution >= 0.6 is 7.80 Å². The molecule has 0 N–H and O–H groups in total. The van der Waals surface area contributed by atoms with Gasteiger partial charge < -0.3 is 9.80 Å². The number of nitrogens with zero attached hydrogens (tertiary/aromatic N) is 2. The van der Waals surface area contributed by atoms with E-state index in [1.807, 2.05) is 0 Å². The molecule has 0 aliphatic carbocycles. The van der Waals surface area contributed by atoms with Crippen molar-refractivity contribution in [2.75, 3.05) is 24.7 Å². The van der Waals surface area contributed by atoms with Gasteiger partial charge in [0.2, 0.25) is 0 Å². The molecule has 2 nitrogen and oxygen atoms in total. The molecule has 2 rings (SSSR count). The van der Waals surface area contributed by atoms with E-state index >= 15 is 0 Å². The summed E-state index contributed by atoms with van der Waals surface area (Å²) in [6, 6.07) is 4.55. The number of rotatable bonds is 4. The summed E-state index contributed by atoms with van der Waals surface area (Å²) in [6.07, 6.45) is 5.48. The van der Waals surface area contributed by atoms with E-state index in [1.54, 1.807) is 0 Å². The van der Waals surface area contributed by atoms with E-state index in [0.29, 0.717) is 5.16 Å². The molecule has 1 aromatic carbocycles. The van der Waals surface area contributed by atoms with Crippen molar-refractivity contribution in [2.24, 2.45) is 0 Å². The molecule has 1 atom stereocenters. The van der Waals surface area contributed by atoms with Crippen LogP contribution in [0.3, 0.4) is 0 Å². The summed E-state index contributed by atoms with van der Waals surface area (Å²) in [5.41, 5.74) is 5.42. The van der Waals surface area contributed by atoms with Crippen LogP contribution in [-0.2, 0) is 0 Å². The zero-order valence-corrected chi connectivity index (χ0v) is 16.0. The Morgan fingerprint density at radius 2 is 1.68 bits per heavy atom. The number of aryl methyl sites for hydroxylation is 3. The van der Waals surface area contributed by atoms with Gasteiger partial charge >= 0.3 is 0 Å². The van der Waals surface area contributed by atoms with Crippen molar-refractivity contribution in [3.8, 4) is 0 Å². The maximum atomic E-state index is 2.50. The van der Waals surface area contributed by atoms with Crippen molar-refractivity contribution in [1.29, 1.82) is 0 Å². The number of benzene rings is 1. The topological polar surface area (TPSA) is 6.48 Å². The van der Waals surface area contributed by atoms with Crippen LogP contribution < -0.4 is 4.90 Å². The van der Waals surface area contributed by atoms with E-state index in [-0.39, 0.29) is 7.80 Å².